The predicted octanol–water partition coefficient (Wildman–Crippen LogP) is 2.78. The van der Waals surface area contributed by atoms with Crippen LogP contribution < -0.4 is 10.1 Å². The van der Waals surface area contributed by atoms with Gasteiger partial charge in [-0.2, -0.15) is 0 Å². The third-order valence-corrected chi connectivity index (χ3v) is 4.84. The fourth-order valence-electron chi connectivity index (χ4n) is 3.10. The average Bonchev–Trinajstić information content (AvgIpc) is 3.24. The number of hydrogen-bond donors (Lipinski definition) is 2. The monoisotopic (exact) mass is 386 g/mol. The van der Waals surface area contributed by atoms with Crippen LogP contribution in [-0.2, 0) is 15.7 Å². The molecular formula is C21H26N2O5. The van der Waals surface area contributed by atoms with Crippen molar-refractivity contribution in [2.45, 2.75) is 44.8 Å². The Morgan fingerprint density at radius 1 is 1.21 bits per heavy atom. The van der Waals surface area contributed by atoms with E-state index in [-0.39, 0.29) is 18.6 Å². The highest BCUT2D eigenvalue weighted by Gasteiger charge is 2.51. The Morgan fingerprint density at radius 2 is 1.89 bits per heavy atom. The minimum Gasteiger partial charge on any atom is -0.491 e. The minimum absolute atomic E-state index is 0.0383. The summed E-state index contributed by atoms with van der Waals surface area (Å²) in [5, 5.41) is 12.9. The van der Waals surface area contributed by atoms with Crippen molar-refractivity contribution in [1.82, 2.24) is 10.2 Å². The molecule has 0 bridgehead atoms. The summed E-state index contributed by atoms with van der Waals surface area (Å²) >= 11 is 0. The molecule has 150 valence electrons. The van der Waals surface area contributed by atoms with Crippen LogP contribution in [0.15, 0.2) is 47.1 Å². The highest BCUT2D eigenvalue weighted by Crippen LogP contribution is 2.29. The van der Waals surface area contributed by atoms with Gasteiger partial charge in [0.05, 0.1) is 12.8 Å². The molecular weight excluding hydrogens is 360 g/mol. The van der Waals surface area contributed by atoms with E-state index in [0.717, 1.165) is 4.90 Å². The van der Waals surface area contributed by atoms with E-state index in [9.17, 15) is 14.7 Å². The van der Waals surface area contributed by atoms with Gasteiger partial charge in [0.2, 0.25) is 0 Å². The summed E-state index contributed by atoms with van der Waals surface area (Å²) in [6, 6.07) is 10.3. The first-order valence-corrected chi connectivity index (χ1v) is 9.21. The molecule has 2 atom stereocenters. The molecule has 1 aliphatic heterocycles. The zero-order valence-corrected chi connectivity index (χ0v) is 16.6. The fraction of sp³-hybridized carbons (Fsp3) is 0.429. The average molecular weight is 386 g/mol. The van der Waals surface area contributed by atoms with E-state index in [1.165, 1.54) is 11.8 Å². The van der Waals surface area contributed by atoms with E-state index < -0.39 is 23.6 Å². The molecule has 2 heterocycles. The predicted molar refractivity (Wildman–Crippen MR) is 103 cm³/mol. The number of amides is 3. The number of rotatable bonds is 6. The van der Waals surface area contributed by atoms with Crippen LogP contribution in [0.3, 0.4) is 0 Å². The number of β-amino-alcohol motifs (C(OH)–C–C–N with tert-alkyl or cyclic N) is 1. The number of carbonyl (C=O) groups excluding carboxylic acids is 2. The normalized spacial score (nSPS) is 21.0. The first kappa shape index (κ1) is 19.9. The summed E-state index contributed by atoms with van der Waals surface area (Å²) in [6.45, 7) is 7.75. The molecule has 0 radical (unpaired) electrons. The topological polar surface area (TPSA) is 92.0 Å². The van der Waals surface area contributed by atoms with E-state index in [0.29, 0.717) is 11.5 Å². The van der Waals surface area contributed by atoms with Gasteiger partial charge in [0.1, 0.15) is 24.2 Å². The Balaban J connectivity index is 1.58. The van der Waals surface area contributed by atoms with Crippen LogP contribution in [0, 0.1) is 0 Å². The molecule has 2 N–H and O–H groups in total. The first-order valence-electron chi connectivity index (χ1n) is 9.21. The smallest absolute Gasteiger partial charge is 0.325 e. The van der Waals surface area contributed by atoms with Crippen molar-refractivity contribution in [2.75, 3.05) is 13.2 Å². The molecule has 1 aromatic heterocycles. The minimum atomic E-state index is -1.27. The van der Waals surface area contributed by atoms with Gasteiger partial charge in [-0.3, -0.25) is 9.69 Å². The van der Waals surface area contributed by atoms with Crippen LogP contribution in [0.1, 0.15) is 39.0 Å². The van der Waals surface area contributed by atoms with Gasteiger partial charge in [-0.25, -0.2) is 4.79 Å². The molecule has 1 fully saturated rings. The number of aliphatic hydroxyl groups excluding tert-OH is 1. The van der Waals surface area contributed by atoms with Gasteiger partial charge in [0.25, 0.3) is 5.91 Å². The molecule has 7 nitrogen and oxygen atoms in total. The number of benzene rings is 1. The lowest BCUT2D eigenvalue weighted by Gasteiger charge is -2.21. The SMILES string of the molecule is CC(C)(C)c1ccc(OCC(O)CN2C(=O)NC(C)(c3ccco3)C2=O)cc1. The van der Waals surface area contributed by atoms with Crippen LogP contribution in [0.5, 0.6) is 5.75 Å². The number of ether oxygens (including phenoxy) is 1. The van der Waals surface area contributed by atoms with Crippen LogP contribution in [0.25, 0.3) is 0 Å². The second-order valence-corrected chi connectivity index (χ2v) is 8.19. The number of aliphatic hydroxyl groups is 1. The lowest BCUT2D eigenvalue weighted by atomic mass is 9.87. The van der Waals surface area contributed by atoms with E-state index in [1.807, 2.05) is 24.3 Å². The Labute approximate surface area is 164 Å². The van der Waals surface area contributed by atoms with Crippen molar-refractivity contribution in [3.63, 3.8) is 0 Å². The standard InChI is InChI=1S/C21H26N2O5/c1-20(2,3)14-7-9-16(10-8-14)28-13-15(24)12-23-18(25)21(4,22-19(23)26)17-6-5-11-27-17/h5-11,15,24H,12-13H2,1-4H3,(H,22,26). The maximum atomic E-state index is 12.7. The third-order valence-electron chi connectivity index (χ3n) is 4.84. The van der Waals surface area contributed by atoms with Gasteiger partial charge in [-0.05, 0) is 42.2 Å². The molecule has 2 aromatic rings. The summed E-state index contributed by atoms with van der Waals surface area (Å²) in [7, 11) is 0. The molecule has 2 unspecified atom stereocenters. The highest BCUT2D eigenvalue weighted by atomic mass is 16.5. The molecule has 0 spiro atoms. The zero-order valence-electron chi connectivity index (χ0n) is 16.6. The van der Waals surface area contributed by atoms with Gasteiger partial charge in [-0.15, -0.1) is 0 Å². The molecule has 28 heavy (non-hydrogen) atoms. The molecule has 7 heteroatoms. The Kier molecular flexibility index (Phi) is 5.21. The van der Waals surface area contributed by atoms with Crippen molar-refractivity contribution in [1.29, 1.82) is 0 Å². The zero-order chi connectivity index (χ0) is 20.5. The number of nitrogens with zero attached hydrogens (tertiary/aromatic N) is 1. The van der Waals surface area contributed by atoms with Gasteiger partial charge >= 0.3 is 6.03 Å². The van der Waals surface area contributed by atoms with Gasteiger partial charge < -0.3 is 19.6 Å². The Hall–Kier alpha value is -2.80. The van der Waals surface area contributed by atoms with Crippen molar-refractivity contribution >= 4 is 11.9 Å². The molecule has 0 aliphatic carbocycles. The van der Waals surface area contributed by atoms with E-state index in [4.69, 9.17) is 9.15 Å². The van der Waals surface area contributed by atoms with E-state index >= 15 is 0 Å². The molecule has 3 amide bonds. The fourth-order valence-corrected chi connectivity index (χ4v) is 3.10. The number of nitrogens with one attached hydrogen (secondary N) is 1. The summed E-state index contributed by atoms with van der Waals surface area (Å²) in [5.41, 5.74) is -0.0523. The second-order valence-electron chi connectivity index (χ2n) is 8.19. The number of furan rings is 1. The van der Waals surface area contributed by atoms with Crippen molar-refractivity contribution < 1.29 is 23.8 Å². The van der Waals surface area contributed by atoms with Crippen LogP contribution in [0.2, 0.25) is 0 Å². The number of urea groups is 1. The molecule has 1 saturated heterocycles. The summed E-state index contributed by atoms with van der Waals surface area (Å²) < 4.78 is 10.9. The maximum Gasteiger partial charge on any atom is 0.325 e. The van der Waals surface area contributed by atoms with Gasteiger partial charge in [-0.1, -0.05) is 32.9 Å². The third kappa shape index (κ3) is 3.89. The quantitative estimate of drug-likeness (QED) is 0.745. The van der Waals surface area contributed by atoms with Crippen LogP contribution in [-0.4, -0.2) is 41.2 Å². The maximum absolute atomic E-state index is 12.7. The Morgan fingerprint density at radius 3 is 2.46 bits per heavy atom. The van der Waals surface area contributed by atoms with Gasteiger partial charge in [0.15, 0.2) is 5.54 Å². The lowest BCUT2D eigenvalue weighted by Crippen LogP contribution is -2.42. The Bertz CT molecular complexity index is 839. The largest absolute Gasteiger partial charge is 0.491 e. The lowest BCUT2D eigenvalue weighted by molar-refractivity contribution is -0.132. The second kappa shape index (κ2) is 7.31. The van der Waals surface area contributed by atoms with Crippen LogP contribution in [0.4, 0.5) is 4.79 Å². The van der Waals surface area contributed by atoms with Crippen LogP contribution >= 0.6 is 0 Å². The van der Waals surface area contributed by atoms with Crippen molar-refractivity contribution in [3.05, 3.63) is 54.0 Å². The van der Waals surface area contributed by atoms with Crippen molar-refractivity contribution in [2.24, 2.45) is 0 Å². The summed E-state index contributed by atoms with van der Waals surface area (Å²) in [5.74, 6) is 0.490. The first-order chi connectivity index (χ1) is 13.1. The molecule has 1 aromatic carbocycles. The van der Waals surface area contributed by atoms with E-state index in [1.54, 1.807) is 19.1 Å². The summed E-state index contributed by atoms with van der Waals surface area (Å²) in [6.07, 6.45) is 0.423. The van der Waals surface area contributed by atoms with Crippen molar-refractivity contribution in [3.8, 4) is 5.75 Å². The number of imide groups is 1. The summed E-state index contributed by atoms with van der Waals surface area (Å²) in [4.78, 5) is 25.9. The van der Waals surface area contributed by atoms with Gasteiger partial charge in [0, 0.05) is 0 Å². The number of carbonyl (C=O) groups is 2. The molecule has 3 rings (SSSR count). The number of hydrogen-bond acceptors (Lipinski definition) is 5. The molecule has 1 aliphatic rings. The van der Waals surface area contributed by atoms with E-state index in [2.05, 4.69) is 26.1 Å². The highest BCUT2D eigenvalue weighted by molar-refractivity contribution is 6.06. The molecule has 0 saturated carbocycles.